The van der Waals surface area contributed by atoms with Gasteiger partial charge in [0.25, 0.3) is 11.4 Å². The predicted octanol–water partition coefficient (Wildman–Crippen LogP) is 4.64. The van der Waals surface area contributed by atoms with Crippen LogP contribution in [0.4, 0.5) is 20.2 Å². The molecular weight excluding hydrogens is 425 g/mol. The lowest BCUT2D eigenvalue weighted by molar-refractivity contribution is -0.385. The molecule has 0 saturated carbocycles. The first kappa shape index (κ1) is 21.9. The summed E-state index contributed by atoms with van der Waals surface area (Å²) in [6.07, 6.45) is -3.80. The molecule has 0 unspecified atom stereocenters. The summed E-state index contributed by atoms with van der Waals surface area (Å²) in [5, 5.41) is 41.1. The van der Waals surface area contributed by atoms with E-state index in [9.17, 15) is 39.2 Å². The van der Waals surface area contributed by atoms with Crippen molar-refractivity contribution in [3.05, 3.63) is 77.3 Å². The highest BCUT2D eigenvalue weighted by Crippen LogP contribution is 2.35. The van der Waals surface area contributed by atoms with E-state index in [1.807, 2.05) is 0 Å². The molecule has 0 aromatic heterocycles. The Bertz CT molecular complexity index is 868. The minimum absolute atomic E-state index is 0.327. The van der Waals surface area contributed by atoms with E-state index in [2.05, 4.69) is 0 Å². The van der Waals surface area contributed by atoms with Gasteiger partial charge in [-0.3, -0.25) is 20.2 Å². The lowest BCUT2D eigenvalue weighted by Gasteiger charge is -2.16. The molecule has 0 aliphatic heterocycles. The van der Waals surface area contributed by atoms with Gasteiger partial charge in [-0.15, -0.1) is 0 Å². The van der Waals surface area contributed by atoms with Crippen molar-refractivity contribution >= 4 is 34.6 Å². The smallest absolute Gasteiger partial charge is 0.288 e. The Morgan fingerprint density at radius 3 is 1.43 bits per heavy atom. The van der Waals surface area contributed by atoms with Crippen molar-refractivity contribution in [1.82, 2.24) is 0 Å². The van der Waals surface area contributed by atoms with Gasteiger partial charge in [0.2, 0.25) is 0 Å². The topological polar surface area (TPSA) is 127 Å². The van der Waals surface area contributed by atoms with Crippen LogP contribution in [0.3, 0.4) is 0 Å². The average Bonchev–Trinajstić information content (AvgIpc) is 2.58. The van der Waals surface area contributed by atoms with E-state index in [0.29, 0.717) is 12.1 Å². The van der Waals surface area contributed by atoms with Gasteiger partial charge < -0.3 is 10.2 Å². The molecule has 2 aromatic rings. The molecule has 0 heterocycles. The fourth-order valence-electron chi connectivity index (χ4n) is 2.52. The maximum absolute atomic E-state index is 14.0. The highest BCUT2D eigenvalue weighted by Gasteiger charge is 2.25. The molecule has 0 spiro atoms. The molecule has 0 amide bonds. The van der Waals surface area contributed by atoms with E-state index < -0.39 is 66.2 Å². The number of benzene rings is 2. The number of aliphatic hydroxyl groups excluding tert-OH is 2. The molecule has 150 valence electrons. The Morgan fingerprint density at radius 2 is 1.14 bits per heavy atom. The van der Waals surface area contributed by atoms with Crippen molar-refractivity contribution in [2.75, 3.05) is 0 Å². The Balaban J connectivity index is 2.20. The number of aliphatic hydroxyl groups is 2. The van der Waals surface area contributed by atoms with Crippen molar-refractivity contribution in [1.29, 1.82) is 0 Å². The SMILES string of the molecule is O=[N+]([O-])c1cc([C@H](O)CC[C@H](O)c2cc([N+](=O)[O-])c(Cl)cc2F)c(F)cc1Cl. The third kappa shape index (κ3) is 4.71. The number of nitrogens with zero attached hydrogens (tertiary/aromatic N) is 2. The zero-order chi connectivity index (χ0) is 21.2. The molecule has 12 heteroatoms. The molecule has 28 heavy (non-hydrogen) atoms. The van der Waals surface area contributed by atoms with Crippen LogP contribution < -0.4 is 0 Å². The van der Waals surface area contributed by atoms with Gasteiger partial charge >= 0.3 is 0 Å². The lowest BCUT2D eigenvalue weighted by Crippen LogP contribution is -2.07. The van der Waals surface area contributed by atoms with Crippen LogP contribution >= 0.6 is 23.2 Å². The molecule has 2 rings (SSSR count). The highest BCUT2D eigenvalue weighted by molar-refractivity contribution is 6.33. The minimum Gasteiger partial charge on any atom is -0.388 e. The Kier molecular flexibility index (Phi) is 6.83. The van der Waals surface area contributed by atoms with Gasteiger partial charge in [-0.05, 0) is 25.0 Å². The van der Waals surface area contributed by atoms with Crippen molar-refractivity contribution in [2.45, 2.75) is 25.0 Å². The standard InChI is InChI=1S/C16H12Cl2F2N2O6/c17-9-5-11(19)7(3-13(9)21(25)26)15(23)1-2-16(24)8-4-14(22(27)28)10(18)6-12(8)20/h3-6,15-16,23-24H,1-2H2/t15-,16+. The summed E-state index contributed by atoms with van der Waals surface area (Å²) in [7, 11) is 0. The van der Waals surface area contributed by atoms with Crippen molar-refractivity contribution in [3.8, 4) is 0 Å². The summed E-state index contributed by atoms with van der Waals surface area (Å²) < 4.78 is 27.9. The second-order valence-electron chi connectivity index (χ2n) is 5.77. The monoisotopic (exact) mass is 436 g/mol. The number of hydrogen-bond donors (Lipinski definition) is 2. The fraction of sp³-hybridized carbons (Fsp3) is 0.250. The van der Waals surface area contributed by atoms with Crippen molar-refractivity contribution < 1.29 is 28.8 Å². The summed E-state index contributed by atoms with van der Waals surface area (Å²) in [5.74, 6) is -1.99. The summed E-state index contributed by atoms with van der Waals surface area (Å²) in [4.78, 5) is 20.1. The van der Waals surface area contributed by atoms with Gasteiger partial charge in [0.05, 0.1) is 22.1 Å². The third-order valence-corrected chi connectivity index (χ3v) is 4.56. The van der Waals surface area contributed by atoms with Crippen LogP contribution in [0.1, 0.15) is 36.2 Å². The molecule has 2 aromatic carbocycles. The first-order valence-electron chi connectivity index (χ1n) is 7.65. The number of rotatable bonds is 7. The summed E-state index contributed by atoms with van der Waals surface area (Å²) >= 11 is 11.1. The van der Waals surface area contributed by atoms with Gasteiger partial charge in [-0.2, -0.15) is 0 Å². The van der Waals surface area contributed by atoms with Gasteiger partial charge in [0.1, 0.15) is 21.7 Å². The number of nitro groups is 2. The van der Waals surface area contributed by atoms with Gasteiger partial charge in [-0.1, -0.05) is 23.2 Å². The van der Waals surface area contributed by atoms with Crippen LogP contribution in [-0.2, 0) is 0 Å². The van der Waals surface area contributed by atoms with Crippen molar-refractivity contribution in [3.63, 3.8) is 0 Å². The van der Waals surface area contributed by atoms with Gasteiger partial charge in [0, 0.05) is 23.3 Å². The summed E-state index contributed by atoms with van der Waals surface area (Å²) in [5.41, 5.74) is -2.08. The number of nitro benzene ring substituents is 2. The second kappa shape index (κ2) is 8.74. The summed E-state index contributed by atoms with van der Waals surface area (Å²) in [6, 6.07) is 2.89. The highest BCUT2D eigenvalue weighted by atomic mass is 35.5. The van der Waals surface area contributed by atoms with E-state index in [4.69, 9.17) is 23.2 Å². The Labute approximate surface area is 166 Å². The zero-order valence-electron chi connectivity index (χ0n) is 13.8. The second-order valence-corrected chi connectivity index (χ2v) is 6.59. The Hall–Kier alpha value is -2.40. The summed E-state index contributed by atoms with van der Waals surface area (Å²) in [6.45, 7) is 0. The molecule has 0 fully saturated rings. The average molecular weight is 437 g/mol. The molecule has 0 radical (unpaired) electrons. The van der Waals surface area contributed by atoms with Crippen LogP contribution in [-0.4, -0.2) is 20.1 Å². The van der Waals surface area contributed by atoms with E-state index in [0.717, 1.165) is 12.1 Å². The van der Waals surface area contributed by atoms with Gasteiger partial charge in [0.15, 0.2) is 0 Å². The van der Waals surface area contributed by atoms with E-state index in [1.54, 1.807) is 0 Å². The molecule has 0 saturated heterocycles. The largest absolute Gasteiger partial charge is 0.388 e. The minimum atomic E-state index is -1.57. The van der Waals surface area contributed by atoms with Crippen LogP contribution in [0.5, 0.6) is 0 Å². The lowest BCUT2D eigenvalue weighted by atomic mass is 9.98. The normalized spacial score (nSPS) is 13.2. The molecule has 2 N–H and O–H groups in total. The number of hydrogen-bond acceptors (Lipinski definition) is 6. The quantitative estimate of drug-likeness (QED) is 0.480. The third-order valence-electron chi connectivity index (χ3n) is 3.96. The molecule has 0 aliphatic carbocycles. The van der Waals surface area contributed by atoms with Crippen LogP contribution in [0, 0.1) is 31.9 Å². The van der Waals surface area contributed by atoms with Crippen LogP contribution in [0.15, 0.2) is 24.3 Å². The zero-order valence-corrected chi connectivity index (χ0v) is 15.3. The van der Waals surface area contributed by atoms with Crippen molar-refractivity contribution in [2.24, 2.45) is 0 Å². The van der Waals surface area contributed by atoms with E-state index >= 15 is 0 Å². The van der Waals surface area contributed by atoms with E-state index in [-0.39, 0.29) is 12.8 Å². The number of halogens is 4. The Morgan fingerprint density at radius 1 is 0.821 bits per heavy atom. The first-order valence-corrected chi connectivity index (χ1v) is 8.41. The molecule has 0 bridgehead atoms. The van der Waals surface area contributed by atoms with E-state index in [1.165, 1.54) is 0 Å². The first-order chi connectivity index (χ1) is 13.0. The fourth-order valence-corrected chi connectivity index (χ4v) is 2.96. The molecule has 8 nitrogen and oxygen atoms in total. The molecule has 2 atom stereocenters. The maximum atomic E-state index is 14.0. The van der Waals surface area contributed by atoms with Crippen LogP contribution in [0.25, 0.3) is 0 Å². The van der Waals surface area contributed by atoms with Crippen LogP contribution in [0.2, 0.25) is 10.0 Å². The molecule has 0 aliphatic rings. The maximum Gasteiger partial charge on any atom is 0.288 e. The van der Waals surface area contributed by atoms with Gasteiger partial charge in [-0.25, -0.2) is 8.78 Å². The predicted molar refractivity (Wildman–Crippen MR) is 95.3 cm³/mol. The molecular formula is C16H12Cl2F2N2O6.